The van der Waals surface area contributed by atoms with E-state index in [1.165, 1.54) is 25.3 Å². The first kappa shape index (κ1) is 21.7. The van der Waals surface area contributed by atoms with Crippen LogP contribution in [0.3, 0.4) is 0 Å². The normalized spacial score (nSPS) is 14.3. The van der Waals surface area contributed by atoms with Crippen LogP contribution in [0.5, 0.6) is 0 Å². The Kier molecular flexibility index (Phi) is 6.69. The van der Waals surface area contributed by atoms with Crippen molar-refractivity contribution < 1.29 is 18.0 Å². The van der Waals surface area contributed by atoms with Crippen LogP contribution in [0.2, 0.25) is 0 Å². The van der Waals surface area contributed by atoms with E-state index in [1.807, 2.05) is 11.8 Å². The highest BCUT2D eigenvalue weighted by Gasteiger charge is 2.21. The van der Waals surface area contributed by atoms with Gasteiger partial charge in [-0.1, -0.05) is 18.2 Å². The lowest BCUT2D eigenvalue weighted by molar-refractivity contribution is -0.111. The molecule has 0 unspecified atom stereocenters. The maximum absolute atomic E-state index is 12.7. The quantitative estimate of drug-likeness (QED) is 0.693. The number of hydrogen-bond donors (Lipinski definition) is 2. The number of anilines is 1. The van der Waals surface area contributed by atoms with Crippen LogP contribution in [0.25, 0.3) is 6.08 Å². The Morgan fingerprint density at radius 2 is 1.70 bits per heavy atom. The first-order chi connectivity index (χ1) is 14.3. The molecule has 7 nitrogen and oxygen atoms in total. The fourth-order valence-electron chi connectivity index (χ4n) is 3.32. The second-order valence-electron chi connectivity index (χ2n) is 7.08. The molecule has 8 heteroatoms. The minimum Gasteiger partial charge on any atom is -0.339 e. The number of nitrogens with one attached hydrogen (secondary N) is 2. The van der Waals surface area contributed by atoms with E-state index in [0.29, 0.717) is 16.8 Å². The van der Waals surface area contributed by atoms with E-state index in [1.54, 1.807) is 36.4 Å². The van der Waals surface area contributed by atoms with Gasteiger partial charge < -0.3 is 10.2 Å². The van der Waals surface area contributed by atoms with Gasteiger partial charge in [0.2, 0.25) is 15.9 Å². The highest BCUT2D eigenvalue weighted by molar-refractivity contribution is 7.89. The number of hydrogen-bond acceptors (Lipinski definition) is 4. The number of sulfonamides is 1. The third-order valence-electron chi connectivity index (χ3n) is 5.10. The average Bonchev–Trinajstić information content (AvgIpc) is 3.28. The van der Waals surface area contributed by atoms with Gasteiger partial charge in [-0.15, -0.1) is 0 Å². The molecule has 1 aliphatic heterocycles. The summed E-state index contributed by atoms with van der Waals surface area (Å²) in [4.78, 5) is 27.0. The first-order valence-corrected chi connectivity index (χ1v) is 11.2. The molecule has 3 rings (SSSR count). The fourth-order valence-corrected chi connectivity index (χ4v) is 4.05. The van der Waals surface area contributed by atoms with Gasteiger partial charge in [0.1, 0.15) is 0 Å². The number of carbonyl (C=O) groups excluding carboxylic acids is 2. The second kappa shape index (κ2) is 9.23. The molecule has 158 valence electrons. The van der Waals surface area contributed by atoms with E-state index in [4.69, 9.17) is 0 Å². The summed E-state index contributed by atoms with van der Waals surface area (Å²) in [6.45, 7) is 3.36. The molecule has 2 N–H and O–H groups in total. The summed E-state index contributed by atoms with van der Waals surface area (Å²) in [7, 11) is -2.14. The van der Waals surface area contributed by atoms with E-state index < -0.39 is 10.0 Å². The number of carbonyl (C=O) groups is 2. The molecular weight excluding hydrogens is 402 g/mol. The van der Waals surface area contributed by atoms with Crippen molar-refractivity contribution in [2.45, 2.75) is 24.7 Å². The maximum atomic E-state index is 12.7. The third kappa shape index (κ3) is 4.95. The van der Waals surface area contributed by atoms with Gasteiger partial charge in [0.15, 0.2) is 0 Å². The summed E-state index contributed by atoms with van der Waals surface area (Å²) in [5.41, 5.74) is 2.61. The average molecular weight is 428 g/mol. The molecule has 30 heavy (non-hydrogen) atoms. The summed E-state index contributed by atoms with van der Waals surface area (Å²) in [6.07, 6.45) is 5.01. The van der Waals surface area contributed by atoms with Crippen LogP contribution >= 0.6 is 0 Å². The van der Waals surface area contributed by atoms with Gasteiger partial charge in [-0.25, -0.2) is 13.1 Å². The zero-order valence-corrected chi connectivity index (χ0v) is 17.8. The maximum Gasteiger partial charge on any atom is 0.254 e. The van der Waals surface area contributed by atoms with Crippen molar-refractivity contribution >= 4 is 33.6 Å². The van der Waals surface area contributed by atoms with Crippen molar-refractivity contribution in [3.8, 4) is 0 Å². The van der Waals surface area contributed by atoms with Gasteiger partial charge in [-0.3, -0.25) is 9.59 Å². The molecule has 0 atom stereocenters. The first-order valence-electron chi connectivity index (χ1n) is 9.73. The predicted octanol–water partition coefficient (Wildman–Crippen LogP) is 2.79. The molecular formula is C22H25N3O4S. The number of likely N-dealkylation sites (tertiary alicyclic amines) is 1. The van der Waals surface area contributed by atoms with Crippen molar-refractivity contribution in [3.05, 3.63) is 65.2 Å². The smallest absolute Gasteiger partial charge is 0.254 e. The molecule has 0 aliphatic carbocycles. The van der Waals surface area contributed by atoms with Crippen LogP contribution in [-0.4, -0.2) is 45.3 Å². The van der Waals surface area contributed by atoms with E-state index in [2.05, 4.69) is 10.0 Å². The molecule has 2 amide bonds. The Labute approximate surface area is 176 Å². The lowest BCUT2D eigenvalue weighted by atomic mass is 10.1. The second-order valence-corrected chi connectivity index (χ2v) is 8.96. The van der Waals surface area contributed by atoms with Gasteiger partial charge in [0.25, 0.3) is 5.91 Å². The molecule has 1 heterocycles. The lowest BCUT2D eigenvalue weighted by Crippen LogP contribution is -2.28. The summed E-state index contributed by atoms with van der Waals surface area (Å²) in [5, 5.41) is 2.81. The summed E-state index contributed by atoms with van der Waals surface area (Å²) < 4.78 is 25.8. The van der Waals surface area contributed by atoms with Crippen molar-refractivity contribution in [2.75, 3.05) is 25.5 Å². The largest absolute Gasteiger partial charge is 0.339 e. The Hall–Kier alpha value is -2.97. The van der Waals surface area contributed by atoms with Gasteiger partial charge >= 0.3 is 0 Å². The number of amides is 2. The van der Waals surface area contributed by atoms with Gasteiger partial charge in [-0.2, -0.15) is 0 Å². The molecule has 1 saturated heterocycles. The third-order valence-corrected chi connectivity index (χ3v) is 6.53. The molecule has 0 bridgehead atoms. The van der Waals surface area contributed by atoms with Crippen LogP contribution in [-0.2, 0) is 14.8 Å². The SMILES string of the molecule is CNS(=O)(=O)c1ccc(/C=C/C(=O)Nc2cccc(C(=O)N3CCCC3)c2C)cc1. The van der Waals surface area contributed by atoms with E-state index in [-0.39, 0.29) is 16.7 Å². The van der Waals surface area contributed by atoms with Gasteiger partial charge in [0.05, 0.1) is 4.90 Å². The Morgan fingerprint density at radius 3 is 2.33 bits per heavy atom. The monoisotopic (exact) mass is 427 g/mol. The molecule has 0 radical (unpaired) electrons. The van der Waals surface area contributed by atoms with Crippen LogP contribution in [0.1, 0.15) is 34.3 Å². The number of benzene rings is 2. The Morgan fingerprint density at radius 1 is 1.03 bits per heavy atom. The van der Waals surface area contributed by atoms with Crippen LogP contribution in [0.4, 0.5) is 5.69 Å². The Bertz CT molecular complexity index is 1070. The van der Waals surface area contributed by atoms with Crippen LogP contribution in [0.15, 0.2) is 53.4 Å². The minimum atomic E-state index is -3.49. The van der Waals surface area contributed by atoms with Gasteiger partial charge in [-0.05, 0) is 68.3 Å². The lowest BCUT2D eigenvalue weighted by Gasteiger charge is -2.18. The summed E-state index contributed by atoms with van der Waals surface area (Å²) in [6, 6.07) is 11.5. The predicted molar refractivity (Wildman–Crippen MR) is 117 cm³/mol. The number of nitrogens with zero attached hydrogens (tertiary/aromatic N) is 1. The molecule has 0 saturated carbocycles. The zero-order chi connectivity index (χ0) is 21.7. The highest BCUT2D eigenvalue weighted by atomic mass is 32.2. The van der Waals surface area contributed by atoms with Crippen LogP contribution < -0.4 is 10.0 Å². The molecule has 0 aromatic heterocycles. The van der Waals surface area contributed by atoms with Crippen molar-refractivity contribution in [3.63, 3.8) is 0 Å². The summed E-state index contributed by atoms with van der Waals surface area (Å²) >= 11 is 0. The zero-order valence-electron chi connectivity index (χ0n) is 17.0. The Balaban J connectivity index is 1.69. The van der Waals surface area contributed by atoms with Crippen molar-refractivity contribution in [1.82, 2.24) is 9.62 Å². The van der Waals surface area contributed by atoms with Crippen molar-refractivity contribution in [2.24, 2.45) is 0 Å². The molecule has 0 spiro atoms. The van der Waals surface area contributed by atoms with Crippen molar-refractivity contribution in [1.29, 1.82) is 0 Å². The van der Waals surface area contributed by atoms with E-state index in [0.717, 1.165) is 31.5 Å². The molecule has 1 fully saturated rings. The van der Waals surface area contributed by atoms with Crippen LogP contribution in [0, 0.1) is 6.92 Å². The standard InChI is InChI=1S/C22H25N3O4S/c1-16-19(22(27)25-14-3-4-15-25)6-5-7-20(16)24-21(26)13-10-17-8-11-18(12-9-17)30(28,29)23-2/h5-13,23H,3-4,14-15H2,1-2H3,(H,24,26)/b13-10+. The fraction of sp³-hybridized carbons (Fsp3) is 0.273. The van der Waals surface area contributed by atoms with E-state index in [9.17, 15) is 18.0 Å². The number of rotatable bonds is 6. The minimum absolute atomic E-state index is 0.00625. The molecule has 2 aromatic rings. The summed E-state index contributed by atoms with van der Waals surface area (Å²) in [5.74, 6) is -0.343. The highest BCUT2D eigenvalue weighted by Crippen LogP contribution is 2.22. The van der Waals surface area contributed by atoms with E-state index >= 15 is 0 Å². The van der Waals surface area contributed by atoms with Gasteiger partial charge in [0, 0.05) is 30.4 Å². The molecule has 2 aromatic carbocycles. The topological polar surface area (TPSA) is 95.6 Å². The molecule has 1 aliphatic rings.